The smallest absolute Gasteiger partial charge is 0.237 e. The second-order valence-electron chi connectivity index (χ2n) is 7.26. The van der Waals surface area contributed by atoms with Crippen LogP contribution in [0.1, 0.15) is 46.2 Å². The van der Waals surface area contributed by atoms with Crippen molar-refractivity contribution in [3.63, 3.8) is 0 Å². The minimum Gasteiger partial charge on any atom is -0.337 e. The minimum atomic E-state index is 0.244. The number of carbonyl (C=O) groups is 1. The van der Waals surface area contributed by atoms with E-state index in [2.05, 4.69) is 55.5 Å². The molecule has 0 unspecified atom stereocenters. The molecule has 134 valence electrons. The molecule has 0 saturated carbocycles. The maximum Gasteiger partial charge on any atom is 0.237 e. The van der Waals surface area contributed by atoms with Gasteiger partial charge in [-0.05, 0) is 46.2 Å². The highest BCUT2D eigenvalue weighted by molar-refractivity contribution is 5.78. The van der Waals surface area contributed by atoms with Gasteiger partial charge in [-0.1, -0.05) is 6.07 Å². The second kappa shape index (κ2) is 8.58. The molecule has 2 heterocycles. The van der Waals surface area contributed by atoms with Gasteiger partial charge in [0.25, 0.3) is 0 Å². The topological polar surface area (TPSA) is 39.7 Å². The molecule has 0 aromatic carbocycles. The van der Waals surface area contributed by atoms with Crippen molar-refractivity contribution < 1.29 is 4.79 Å². The van der Waals surface area contributed by atoms with Crippen molar-refractivity contribution >= 4 is 5.91 Å². The maximum atomic E-state index is 12.6. The Morgan fingerprint density at radius 3 is 2.25 bits per heavy atom. The molecule has 0 aliphatic carbocycles. The monoisotopic (exact) mass is 332 g/mol. The Morgan fingerprint density at radius 1 is 1.12 bits per heavy atom. The molecule has 0 radical (unpaired) electrons. The van der Waals surface area contributed by atoms with Crippen LogP contribution in [0.15, 0.2) is 24.5 Å². The maximum absolute atomic E-state index is 12.6. The molecule has 1 aromatic rings. The van der Waals surface area contributed by atoms with Gasteiger partial charge in [0.15, 0.2) is 0 Å². The van der Waals surface area contributed by atoms with E-state index in [-0.39, 0.29) is 18.0 Å². The van der Waals surface area contributed by atoms with Crippen molar-refractivity contribution in [3.05, 3.63) is 30.1 Å². The standard InChI is InChI=1S/C19H32N4O/c1-15(2)23(16(3)4)19(24)14-21-9-11-22(12-10-21)17(5)18-7-6-8-20-13-18/h6-8,13,15-17H,9-12,14H2,1-5H3/t17-/m1/s1. The molecule has 0 spiro atoms. The fraction of sp³-hybridized carbons (Fsp3) is 0.684. The summed E-state index contributed by atoms with van der Waals surface area (Å²) in [7, 11) is 0. The number of aromatic nitrogens is 1. The number of pyridine rings is 1. The van der Waals surface area contributed by atoms with Gasteiger partial charge >= 0.3 is 0 Å². The number of amides is 1. The summed E-state index contributed by atoms with van der Waals surface area (Å²) in [6, 6.07) is 5.01. The highest BCUT2D eigenvalue weighted by Gasteiger charge is 2.26. The summed E-state index contributed by atoms with van der Waals surface area (Å²) in [4.78, 5) is 23.6. The molecule has 1 aliphatic rings. The quantitative estimate of drug-likeness (QED) is 0.802. The number of piperazine rings is 1. The molecule has 24 heavy (non-hydrogen) atoms. The number of hydrogen-bond donors (Lipinski definition) is 0. The molecule has 0 N–H and O–H groups in total. The van der Waals surface area contributed by atoms with Crippen LogP contribution in [0.3, 0.4) is 0 Å². The first-order valence-electron chi connectivity index (χ1n) is 9.07. The van der Waals surface area contributed by atoms with Crippen LogP contribution in [0.4, 0.5) is 0 Å². The van der Waals surface area contributed by atoms with E-state index in [4.69, 9.17) is 0 Å². The Bertz CT molecular complexity index is 501. The largest absolute Gasteiger partial charge is 0.337 e. The van der Waals surface area contributed by atoms with Crippen molar-refractivity contribution in [2.75, 3.05) is 32.7 Å². The zero-order valence-electron chi connectivity index (χ0n) is 15.8. The summed E-state index contributed by atoms with van der Waals surface area (Å²) in [5.41, 5.74) is 1.26. The first kappa shape index (κ1) is 18.9. The van der Waals surface area contributed by atoms with E-state index < -0.39 is 0 Å². The molecule has 1 aliphatic heterocycles. The number of nitrogens with zero attached hydrogens (tertiary/aromatic N) is 4. The minimum absolute atomic E-state index is 0.244. The van der Waals surface area contributed by atoms with Gasteiger partial charge in [0, 0.05) is 56.7 Å². The predicted octanol–water partition coefficient (Wildman–Crippen LogP) is 2.41. The van der Waals surface area contributed by atoms with Crippen molar-refractivity contribution in [2.24, 2.45) is 0 Å². The SMILES string of the molecule is CC(C)N(C(=O)CN1CCN([C@H](C)c2cccnc2)CC1)C(C)C. The fourth-order valence-electron chi connectivity index (χ4n) is 3.59. The average Bonchev–Trinajstić information content (AvgIpc) is 2.55. The third kappa shape index (κ3) is 4.77. The summed E-state index contributed by atoms with van der Waals surface area (Å²) in [6.45, 7) is 15.0. The van der Waals surface area contributed by atoms with E-state index in [0.29, 0.717) is 12.6 Å². The summed E-state index contributed by atoms with van der Waals surface area (Å²) >= 11 is 0. The first-order valence-corrected chi connectivity index (χ1v) is 9.07. The molecule has 5 heteroatoms. The fourth-order valence-corrected chi connectivity index (χ4v) is 3.59. The summed E-state index contributed by atoms with van der Waals surface area (Å²) in [6.07, 6.45) is 3.76. The van der Waals surface area contributed by atoms with E-state index in [0.717, 1.165) is 26.2 Å². The molecule has 1 amide bonds. The second-order valence-corrected chi connectivity index (χ2v) is 7.26. The molecule has 1 aromatic heterocycles. The Kier molecular flexibility index (Phi) is 6.75. The summed E-state index contributed by atoms with van der Waals surface area (Å²) < 4.78 is 0. The molecule has 2 rings (SSSR count). The van der Waals surface area contributed by atoms with E-state index in [1.54, 1.807) is 0 Å². The molecule has 0 bridgehead atoms. The van der Waals surface area contributed by atoms with Crippen LogP contribution in [0.5, 0.6) is 0 Å². The Balaban J connectivity index is 1.85. The number of carbonyl (C=O) groups excluding carboxylic acids is 1. The van der Waals surface area contributed by atoms with Gasteiger partial charge < -0.3 is 4.90 Å². The van der Waals surface area contributed by atoms with Crippen LogP contribution >= 0.6 is 0 Å². The molecular weight excluding hydrogens is 300 g/mol. The Labute approximate surface area is 146 Å². The predicted molar refractivity (Wildman–Crippen MR) is 97.8 cm³/mol. The van der Waals surface area contributed by atoms with Gasteiger partial charge in [-0.25, -0.2) is 0 Å². The van der Waals surface area contributed by atoms with Crippen LogP contribution < -0.4 is 0 Å². The van der Waals surface area contributed by atoms with Crippen molar-refractivity contribution in [2.45, 2.75) is 52.7 Å². The van der Waals surface area contributed by atoms with Gasteiger partial charge in [-0.3, -0.25) is 19.6 Å². The third-order valence-electron chi connectivity index (χ3n) is 4.88. The molecule has 1 fully saturated rings. The molecule has 1 saturated heterocycles. The Hall–Kier alpha value is -1.46. The zero-order valence-corrected chi connectivity index (χ0v) is 15.8. The molecule has 1 atom stereocenters. The lowest BCUT2D eigenvalue weighted by Gasteiger charge is -2.39. The van der Waals surface area contributed by atoms with E-state index in [9.17, 15) is 4.79 Å². The molecule has 5 nitrogen and oxygen atoms in total. The van der Waals surface area contributed by atoms with Gasteiger partial charge in [0.05, 0.1) is 6.54 Å². The van der Waals surface area contributed by atoms with E-state index in [1.165, 1.54) is 5.56 Å². The first-order chi connectivity index (χ1) is 11.4. The van der Waals surface area contributed by atoms with Gasteiger partial charge in [0.2, 0.25) is 5.91 Å². The average molecular weight is 332 g/mol. The highest BCUT2D eigenvalue weighted by Crippen LogP contribution is 2.20. The number of rotatable bonds is 6. The van der Waals surface area contributed by atoms with Crippen LogP contribution in [0, 0.1) is 0 Å². The highest BCUT2D eigenvalue weighted by atomic mass is 16.2. The van der Waals surface area contributed by atoms with Crippen LogP contribution in [0.25, 0.3) is 0 Å². The lowest BCUT2D eigenvalue weighted by Crippen LogP contribution is -2.52. The molecular formula is C19H32N4O. The van der Waals surface area contributed by atoms with Crippen molar-refractivity contribution in [3.8, 4) is 0 Å². The van der Waals surface area contributed by atoms with Crippen LogP contribution in [-0.2, 0) is 4.79 Å². The van der Waals surface area contributed by atoms with Crippen LogP contribution in [-0.4, -0.2) is 70.4 Å². The van der Waals surface area contributed by atoms with Gasteiger partial charge in [0.1, 0.15) is 0 Å². The lowest BCUT2D eigenvalue weighted by molar-refractivity contribution is -0.136. The lowest BCUT2D eigenvalue weighted by atomic mass is 10.1. The number of hydrogen-bond acceptors (Lipinski definition) is 4. The van der Waals surface area contributed by atoms with Crippen molar-refractivity contribution in [1.82, 2.24) is 19.7 Å². The van der Waals surface area contributed by atoms with Gasteiger partial charge in [-0.15, -0.1) is 0 Å². The zero-order chi connectivity index (χ0) is 17.7. The summed E-state index contributed by atoms with van der Waals surface area (Å²) in [5, 5.41) is 0. The summed E-state index contributed by atoms with van der Waals surface area (Å²) in [5.74, 6) is 0.244. The van der Waals surface area contributed by atoms with E-state index in [1.807, 2.05) is 23.4 Å². The van der Waals surface area contributed by atoms with Crippen LogP contribution in [0.2, 0.25) is 0 Å². The normalized spacial score (nSPS) is 18.1. The van der Waals surface area contributed by atoms with E-state index >= 15 is 0 Å². The van der Waals surface area contributed by atoms with Gasteiger partial charge in [-0.2, -0.15) is 0 Å². The third-order valence-corrected chi connectivity index (χ3v) is 4.88. The Morgan fingerprint density at radius 2 is 1.75 bits per heavy atom. The van der Waals surface area contributed by atoms with Crippen molar-refractivity contribution in [1.29, 1.82) is 0 Å².